The van der Waals surface area contributed by atoms with Gasteiger partial charge in [-0.3, -0.25) is 0 Å². The highest BCUT2D eigenvalue weighted by atomic mass is 15.3. The largest absolute Gasteiger partial charge is 0.313 e. The molecule has 1 saturated carbocycles. The summed E-state index contributed by atoms with van der Waals surface area (Å²) in [6.45, 7) is 6.39. The third-order valence-electron chi connectivity index (χ3n) is 4.31. The molecule has 1 aromatic rings. The Morgan fingerprint density at radius 3 is 2.60 bits per heavy atom. The van der Waals surface area contributed by atoms with Crippen molar-refractivity contribution in [2.24, 2.45) is 11.0 Å². The molecule has 2 rings (SSSR count). The number of benzene rings is 1. The molecule has 2 unspecified atom stereocenters. The van der Waals surface area contributed by atoms with Crippen LogP contribution in [0.15, 0.2) is 47.6 Å². The number of nitrogens with one attached hydrogen (secondary N) is 1. The van der Waals surface area contributed by atoms with Gasteiger partial charge < -0.3 is 5.43 Å². The van der Waals surface area contributed by atoms with Gasteiger partial charge in [0, 0.05) is 7.05 Å². The van der Waals surface area contributed by atoms with Crippen molar-refractivity contribution in [2.75, 3.05) is 7.05 Å². The molecule has 0 spiro atoms. The number of hydrogen-bond acceptors (Lipinski definition) is 2. The van der Waals surface area contributed by atoms with Crippen LogP contribution in [0.2, 0.25) is 0 Å². The highest BCUT2D eigenvalue weighted by Gasteiger charge is 2.33. The number of hydrazone groups is 1. The third kappa shape index (κ3) is 3.50. The lowest BCUT2D eigenvalue weighted by atomic mass is 9.67. The molecule has 0 bridgehead atoms. The van der Waals surface area contributed by atoms with Crippen LogP contribution in [-0.4, -0.2) is 12.8 Å². The fourth-order valence-electron chi connectivity index (χ4n) is 3.05. The Balaban J connectivity index is 2.01. The van der Waals surface area contributed by atoms with E-state index in [2.05, 4.69) is 54.4 Å². The first-order valence-electron chi connectivity index (χ1n) is 7.72. The van der Waals surface area contributed by atoms with Gasteiger partial charge in [0.25, 0.3) is 0 Å². The van der Waals surface area contributed by atoms with E-state index >= 15 is 0 Å². The lowest BCUT2D eigenvalue weighted by molar-refractivity contribution is 0.263. The van der Waals surface area contributed by atoms with Crippen molar-refractivity contribution in [3.05, 3.63) is 48.0 Å². The molecule has 1 aliphatic rings. The van der Waals surface area contributed by atoms with Gasteiger partial charge in [0.05, 0.1) is 5.71 Å². The maximum atomic E-state index is 4.46. The van der Waals surface area contributed by atoms with Crippen LogP contribution < -0.4 is 5.43 Å². The quantitative estimate of drug-likeness (QED) is 0.572. The van der Waals surface area contributed by atoms with Crippen molar-refractivity contribution in [2.45, 2.75) is 44.9 Å². The molecule has 20 heavy (non-hydrogen) atoms. The second-order valence-electron chi connectivity index (χ2n) is 5.69. The van der Waals surface area contributed by atoms with Crippen LogP contribution in [-0.2, 0) is 0 Å². The predicted octanol–water partition coefficient (Wildman–Crippen LogP) is 4.50. The maximum Gasteiger partial charge on any atom is 0.0631 e. The first kappa shape index (κ1) is 14.8. The predicted molar refractivity (Wildman–Crippen MR) is 87.1 cm³/mol. The number of hydrogen-bond donors (Lipinski definition) is 1. The summed E-state index contributed by atoms with van der Waals surface area (Å²) in [4.78, 5) is 0. The molecule has 1 aromatic carbocycles. The molecule has 0 aliphatic heterocycles. The summed E-state index contributed by atoms with van der Waals surface area (Å²) in [5.74, 6) is 1.42. The standard InChI is InChI=1S/C18H26N2/c1-4-8-14(2)18(20-19-3)13-16-11-12-17(16)15-9-6-5-7-10-15/h5-7,9-10,16-17,19H,2,4,8,11-13H2,1,3H3/b20-18+. The fraction of sp³-hybridized carbons (Fsp3) is 0.500. The summed E-state index contributed by atoms with van der Waals surface area (Å²) in [6.07, 6.45) is 5.85. The summed E-state index contributed by atoms with van der Waals surface area (Å²) in [7, 11) is 1.87. The van der Waals surface area contributed by atoms with Crippen molar-refractivity contribution in [3.63, 3.8) is 0 Å². The van der Waals surface area contributed by atoms with Crippen molar-refractivity contribution < 1.29 is 0 Å². The maximum absolute atomic E-state index is 4.46. The molecule has 1 aliphatic carbocycles. The Hall–Kier alpha value is -1.57. The topological polar surface area (TPSA) is 24.4 Å². The van der Waals surface area contributed by atoms with Gasteiger partial charge in [-0.05, 0) is 48.7 Å². The van der Waals surface area contributed by atoms with E-state index in [-0.39, 0.29) is 0 Å². The summed E-state index contributed by atoms with van der Waals surface area (Å²) in [5.41, 5.74) is 6.78. The molecule has 0 aromatic heterocycles. The van der Waals surface area contributed by atoms with Crippen LogP contribution in [0.3, 0.4) is 0 Å². The summed E-state index contributed by atoms with van der Waals surface area (Å²) in [5, 5.41) is 4.46. The van der Waals surface area contributed by atoms with Crippen molar-refractivity contribution in [1.29, 1.82) is 0 Å². The van der Waals surface area contributed by atoms with Crippen LogP contribution in [0.5, 0.6) is 0 Å². The number of rotatable bonds is 7. The van der Waals surface area contributed by atoms with Crippen molar-refractivity contribution in [1.82, 2.24) is 5.43 Å². The number of allylic oxidation sites excluding steroid dienone is 1. The highest BCUT2D eigenvalue weighted by molar-refractivity contribution is 5.99. The van der Waals surface area contributed by atoms with Gasteiger partial charge in [0.2, 0.25) is 0 Å². The Kier molecular flexibility index (Phi) is 5.40. The molecule has 108 valence electrons. The SMILES string of the molecule is C=C(CCC)/C(CC1CCC1c1ccccc1)=N/NC. The third-order valence-corrected chi connectivity index (χ3v) is 4.31. The fourth-order valence-corrected chi connectivity index (χ4v) is 3.05. The normalized spacial score (nSPS) is 22.2. The van der Waals surface area contributed by atoms with Gasteiger partial charge in [0.1, 0.15) is 0 Å². The van der Waals surface area contributed by atoms with E-state index in [1.54, 1.807) is 0 Å². The molecule has 0 heterocycles. The Morgan fingerprint density at radius 1 is 1.30 bits per heavy atom. The zero-order valence-electron chi connectivity index (χ0n) is 12.7. The van der Waals surface area contributed by atoms with E-state index in [0.29, 0.717) is 5.92 Å². The molecule has 2 heteroatoms. The van der Waals surface area contributed by atoms with E-state index in [1.807, 2.05) is 7.05 Å². The second-order valence-corrected chi connectivity index (χ2v) is 5.69. The molecule has 2 nitrogen and oxygen atoms in total. The molecular weight excluding hydrogens is 244 g/mol. The van der Waals surface area contributed by atoms with Crippen LogP contribution >= 0.6 is 0 Å². The van der Waals surface area contributed by atoms with Gasteiger partial charge in [0.15, 0.2) is 0 Å². The molecule has 0 amide bonds. The molecule has 0 saturated heterocycles. The Labute approximate surface area is 123 Å². The van der Waals surface area contributed by atoms with Gasteiger partial charge in [-0.1, -0.05) is 50.3 Å². The van der Waals surface area contributed by atoms with E-state index in [4.69, 9.17) is 0 Å². The zero-order chi connectivity index (χ0) is 14.4. The van der Waals surface area contributed by atoms with Crippen LogP contribution in [0.1, 0.15) is 50.5 Å². The minimum Gasteiger partial charge on any atom is -0.313 e. The zero-order valence-corrected chi connectivity index (χ0v) is 12.7. The van der Waals surface area contributed by atoms with Crippen LogP contribution in [0, 0.1) is 5.92 Å². The molecule has 0 radical (unpaired) electrons. The van der Waals surface area contributed by atoms with E-state index < -0.39 is 0 Å². The van der Waals surface area contributed by atoms with Gasteiger partial charge in [-0.2, -0.15) is 5.10 Å². The van der Waals surface area contributed by atoms with E-state index in [9.17, 15) is 0 Å². The van der Waals surface area contributed by atoms with Crippen LogP contribution in [0.4, 0.5) is 0 Å². The smallest absolute Gasteiger partial charge is 0.0631 e. The van der Waals surface area contributed by atoms with Gasteiger partial charge in [-0.15, -0.1) is 0 Å². The monoisotopic (exact) mass is 270 g/mol. The Morgan fingerprint density at radius 2 is 2.05 bits per heavy atom. The minimum atomic E-state index is 0.702. The summed E-state index contributed by atoms with van der Waals surface area (Å²) < 4.78 is 0. The Bertz CT molecular complexity index is 462. The number of nitrogens with zero attached hydrogens (tertiary/aromatic N) is 1. The molecule has 2 atom stereocenters. The molecular formula is C18H26N2. The summed E-state index contributed by atoms with van der Waals surface area (Å²) in [6, 6.07) is 10.9. The van der Waals surface area contributed by atoms with Gasteiger partial charge >= 0.3 is 0 Å². The summed E-state index contributed by atoms with van der Waals surface area (Å²) >= 11 is 0. The average Bonchev–Trinajstić information content (AvgIpc) is 2.43. The first-order chi connectivity index (χ1) is 9.76. The van der Waals surface area contributed by atoms with Crippen LogP contribution in [0.25, 0.3) is 0 Å². The second kappa shape index (κ2) is 7.28. The van der Waals surface area contributed by atoms with E-state index in [1.165, 1.54) is 29.7 Å². The molecule has 1 fully saturated rings. The molecule has 1 N–H and O–H groups in total. The average molecular weight is 270 g/mol. The van der Waals surface area contributed by atoms with Gasteiger partial charge in [-0.25, -0.2) is 0 Å². The highest BCUT2D eigenvalue weighted by Crippen LogP contribution is 2.44. The van der Waals surface area contributed by atoms with E-state index in [0.717, 1.165) is 25.2 Å². The lowest BCUT2D eigenvalue weighted by Gasteiger charge is -2.37. The first-order valence-corrected chi connectivity index (χ1v) is 7.72. The van der Waals surface area contributed by atoms with Crippen molar-refractivity contribution >= 4 is 5.71 Å². The minimum absolute atomic E-state index is 0.702. The van der Waals surface area contributed by atoms with Crippen molar-refractivity contribution in [3.8, 4) is 0 Å². The lowest BCUT2D eigenvalue weighted by Crippen LogP contribution is -2.27.